The molecule has 0 saturated carbocycles. The van der Waals surface area contributed by atoms with Crippen LogP contribution < -0.4 is 5.32 Å². The number of nitrogens with one attached hydrogen (secondary N) is 1. The minimum Gasteiger partial charge on any atom is -0.307 e. The summed E-state index contributed by atoms with van der Waals surface area (Å²) < 4.78 is 0. The summed E-state index contributed by atoms with van der Waals surface area (Å²) in [6.45, 7) is 8.47. The number of hydrogen-bond donors (Lipinski definition) is 1. The molecule has 0 radical (unpaired) electrons. The first-order valence-electron chi connectivity index (χ1n) is 5.44. The van der Waals surface area contributed by atoms with E-state index in [1.165, 1.54) is 22.3 Å². The molecule has 1 aromatic carbocycles. The highest BCUT2D eigenvalue weighted by molar-refractivity contribution is 5.36. The van der Waals surface area contributed by atoms with Crippen molar-refractivity contribution >= 4 is 0 Å². The first-order chi connectivity index (χ1) is 7.04. The molecule has 0 aliphatic heterocycles. The van der Waals surface area contributed by atoms with Gasteiger partial charge in [0.2, 0.25) is 0 Å². The molecule has 15 heavy (non-hydrogen) atoms. The third kappa shape index (κ3) is 3.33. The van der Waals surface area contributed by atoms with E-state index >= 15 is 0 Å². The van der Waals surface area contributed by atoms with E-state index in [2.05, 4.69) is 50.2 Å². The Hall–Kier alpha value is -0.860. The van der Waals surface area contributed by atoms with E-state index in [1.807, 2.05) is 7.05 Å². The highest BCUT2D eigenvalue weighted by Gasteiger charge is 2.04. The highest BCUT2D eigenvalue weighted by atomic mass is 15.2. The van der Waals surface area contributed by atoms with Gasteiger partial charge in [0.05, 0.1) is 0 Å². The van der Waals surface area contributed by atoms with Crippen LogP contribution in [-0.4, -0.2) is 25.7 Å². The Morgan fingerprint density at radius 1 is 1.07 bits per heavy atom. The van der Waals surface area contributed by atoms with Gasteiger partial charge >= 0.3 is 0 Å². The second-order valence-electron chi connectivity index (χ2n) is 4.39. The Kier molecular flexibility index (Phi) is 4.30. The molecule has 2 nitrogen and oxygen atoms in total. The lowest BCUT2D eigenvalue weighted by molar-refractivity contribution is 0.309. The number of nitrogens with zero attached hydrogens (tertiary/aromatic N) is 1. The van der Waals surface area contributed by atoms with Gasteiger partial charge in [-0.3, -0.25) is 4.90 Å². The second-order valence-corrected chi connectivity index (χ2v) is 4.39. The SMILES string of the molecule is CNCN(C)Cc1cc(C)c(C)cc1C. The molecule has 0 heterocycles. The van der Waals surface area contributed by atoms with Crippen molar-refractivity contribution in [3.05, 3.63) is 34.4 Å². The van der Waals surface area contributed by atoms with E-state index in [9.17, 15) is 0 Å². The Labute approximate surface area is 93.3 Å². The van der Waals surface area contributed by atoms with E-state index in [-0.39, 0.29) is 0 Å². The average Bonchev–Trinajstić information content (AvgIpc) is 2.14. The number of hydrogen-bond acceptors (Lipinski definition) is 2. The van der Waals surface area contributed by atoms with Gasteiger partial charge < -0.3 is 5.32 Å². The molecule has 1 N–H and O–H groups in total. The van der Waals surface area contributed by atoms with Crippen molar-refractivity contribution in [1.82, 2.24) is 10.2 Å². The van der Waals surface area contributed by atoms with Crippen LogP contribution >= 0.6 is 0 Å². The lowest BCUT2D eigenvalue weighted by Crippen LogP contribution is -2.28. The quantitative estimate of drug-likeness (QED) is 0.760. The Morgan fingerprint density at radius 2 is 1.67 bits per heavy atom. The molecule has 0 bridgehead atoms. The molecule has 0 aliphatic carbocycles. The van der Waals surface area contributed by atoms with E-state index in [0.29, 0.717) is 0 Å². The van der Waals surface area contributed by atoms with Gasteiger partial charge in [-0.05, 0) is 57.1 Å². The molecule has 84 valence electrons. The fraction of sp³-hybridized carbons (Fsp3) is 0.538. The maximum atomic E-state index is 3.16. The van der Waals surface area contributed by atoms with Crippen molar-refractivity contribution in [2.75, 3.05) is 20.8 Å². The maximum Gasteiger partial charge on any atom is 0.0478 e. The van der Waals surface area contributed by atoms with E-state index in [4.69, 9.17) is 0 Å². The average molecular weight is 206 g/mol. The summed E-state index contributed by atoms with van der Waals surface area (Å²) in [7, 11) is 4.11. The lowest BCUT2D eigenvalue weighted by Gasteiger charge is -2.18. The van der Waals surface area contributed by atoms with Crippen LogP contribution in [0.15, 0.2) is 12.1 Å². The first kappa shape index (κ1) is 12.2. The summed E-state index contributed by atoms with van der Waals surface area (Å²) >= 11 is 0. The smallest absolute Gasteiger partial charge is 0.0478 e. The number of rotatable bonds is 4. The predicted molar refractivity (Wildman–Crippen MR) is 66.0 cm³/mol. The van der Waals surface area contributed by atoms with Gasteiger partial charge in [-0.1, -0.05) is 12.1 Å². The molecule has 0 amide bonds. The summed E-state index contributed by atoms with van der Waals surface area (Å²) in [5.74, 6) is 0. The second kappa shape index (κ2) is 5.29. The van der Waals surface area contributed by atoms with Crippen molar-refractivity contribution in [2.45, 2.75) is 27.3 Å². The van der Waals surface area contributed by atoms with Crippen LogP contribution in [0.25, 0.3) is 0 Å². The zero-order valence-electron chi connectivity index (χ0n) is 10.5. The van der Waals surface area contributed by atoms with Gasteiger partial charge in [0, 0.05) is 13.2 Å². The zero-order valence-corrected chi connectivity index (χ0v) is 10.5. The van der Waals surface area contributed by atoms with Crippen LogP contribution in [0.2, 0.25) is 0 Å². The van der Waals surface area contributed by atoms with Gasteiger partial charge in [-0.2, -0.15) is 0 Å². The third-order valence-corrected chi connectivity index (χ3v) is 2.82. The van der Waals surface area contributed by atoms with E-state index in [1.54, 1.807) is 0 Å². The Balaban J connectivity index is 2.81. The van der Waals surface area contributed by atoms with Crippen LogP contribution in [0.3, 0.4) is 0 Å². The van der Waals surface area contributed by atoms with Crippen molar-refractivity contribution in [3.8, 4) is 0 Å². The minimum atomic E-state index is 0.923. The summed E-state index contributed by atoms with van der Waals surface area (Å²) in [5, 5.41) is 3.16. The van der Waals surface area contributed by atoms with Crippen LogP contribution in [0.1, 0.15) is 22.3 Å². The zero-order chi connectivity index (χ0) is 11.4. The minimum absolute atomic E-state index is 0.923. The van der Waals surface area contributed by atoms with Crippen LogP contribution in [0.5, 0.6) is 0 Å². The molecule has 0 aliphatic rings. The molecule has 0 aromatic heterocycles. The van der Waals surface area contributed by atoms with Gasteiger partial charge in [0.15, 0.2) is 0 Å². The normalized spacial score (nSPS) is 11.1. The fourth-order valence-corrected chi connectivity index (χ4v) is 1.81. The lowest BCUT2D eigenvalue weighted by atomic mass is 10.0. The summed E-state index contributed by atoms with van der Waals surface area (Å²) in [4.78, 5) is 2.27. The molecular formula is C13H22N2. The van der Waals surface area contributed by atoms with Crippen LogP contribution in [-0.2, 0) is 6.54 Å². The van der Waals surface area contributed by atoms with E-state index < -0.39 is 0 Å². The van der Waals surface area contributed by atoms with Crippen molar-refractivity contribution in [1.29, 1.82) is 0 Å². The number of aryl methyl sites for hydroxylation is 3. The number of benzene rings is 1. The molecule has 2 heteroatoms. The predicted octanol–water partition coefficient (Wildman–Crippen LogP) is 2.22. The molecule has 1 aromatic rings. The van der Waals surface area contributed by atoms with E-state index in [0.717, 1.165) is 13.2 Å². The van der Waals surface area contributed by atoms with Crippen LogP contribution in [0, 0.1) is 20.8 Å². The topological polar surface area (TPSA) is 15.3 Å². The van der Waals surface area contributed by atoms with Gasteiger partial charge in [-0.25, -0.2) is 0 Å². The van der Waals surface area contributed by atoms with Gasteiger partial charge in [-0.15, -0.1) is 0 Å². The molecule has 0 spiro atoms. The summed E-state index contributed by atoms with van der Waals surface area (Å²) in [6, 6.07) is 4.58. The van der Waals surface area contributed by atoms with Gasteiger partial charge in [0.25, 0.3) is 0 Å². The van der Waals surface area contributed by atoms with Gasteiger partial charge in [0.1, 0.15) is 0 Å². The molecule has 1 rings (SSSR count). The first-order valence-corrected chi connectivity index (χ1v) is 5.44. The Bertz CT molecular complexity index is 332. The largest absolute Gasteiger partial charge is 0.307 e. The third-order valence-electron chi connectivity index (χ3n) is 2.82. The fourth-order valence-electron chi connectivity index (χ4n) is 1.81. The molecule has 0 fully saturated rings. The maximum absolute atomic E-state index is 3.16. The van der Waals surface area contributed by atoms with Crippen molar-refractivity contribution < 1.29 is 0 Å². The summed E-state index contributed by atoms with van der Waals surface area (Å²) in [5.41, 5.74) is 5.58. The van der Waals surface area contributed by atoms with Crippen molar-refractivity contribution in [2.24, 2.45) is 0 Å². The molecule has 0 unspecified atom stereocenters. The monoisotopic (exact) mass is 206 g/mol. The highest BCUT2D eigenvalue weighted by Crippen LogP contribution is 2.16. The standard InChI is InChI=1S/C13H22N2/c1-10-6-12(3)13(7-11(10)2)8-15(5)9-14-4/h6-7,14H,8-9H2,1-5H3. The molecule has 0 saturated heterocycles. The molecular weight excluding hydrogens is 184 g/mol. The van der Waals surface area contributed by atoms with Crippen LogP contribution in [0.4, 0.5) is 0 Å². The Morgan fingerprint density at radius 3 is 2.27 bits per heavy atom. The summed E-state index contributed by atoms with van der Waals surface area (Å²) in [6.07, 6.45) is 0. The molecule has 0 atom stereocenters. The van der Waals surface area contributed by atoms with Crippen molar-refractivity contribution in [3.63, 3.8) is 0 Å².